The first-order valence-electron chi connectivity index (χ1n) is 5.84. The van der Waals surface area contributed by atoms with Crippen LogP contribution in [0.2, 0.25) is 0 Å². The minimum absolute atomic E-state index is 0.786. The maximum Gasteiger partial charge on any atom is 0.00955 e. The molecular formula is C11H22N2. The molecule has 0 bridgehead atoms. The van der Waals surface area contributed by atoms with Crippen LogP contribution in [0.5, 0.6) is 0 Å². The van der Waals surface area contributed by atoms with Crippen LogP contribution in [0.3, 0.4) is 0 Å². The van der Waals surface area contributed by atoms with Gasteiger partial charge in [-0.15, -0.1) is 0 Å². The van der Waals surface area contributed by atoms with Gasteiger partial charge >= 0.3 is 0 Å². The van der Waals surface area contributed by atoms with Gasteiger partial charge in [0.25, 0.3) is 0 Å². The van der Waals surface area contributed by atoms with E-state index in [9.17, 15) is 0 Å². The van der Waals surface area contributed by atoms with E-state index in [0.717, 1.165) is 18.5 Å². The average Bonchev–Trinajstić information content (AvgIpc) is 2.41. The summed E-state index contributed by atoms with van der Waals surface area (Å²) >= 11 is 0. The number of fused-ring (bicyclic) bond motifs is 1. The van der Waals surface area contributed by atoms with Gasteiger partial charge in [-0.05, 0) is 44.7 Å². The first-order valence-corrected chi connectivity index (χ1v) is 5.84. The second kappa shape index (κ2) is 4.43. The topological polar surface area (TPSA) is 29.3 Å². The van der Waals surface area contributed by atoms with E-state index in [0.29, 0.717) is 0 Å². The predicted molar refractivity (Wildman–Crippen MR) is 55.6 cm³/mol. The smallest absolute Gasteiger partial charge is 0.00955 e. The second-order valence-corrected chi connectivity index (χ2v) is 4.68. The summed E-state index contributed by atoms with van der Waals surface area (Å²) in [6.07, 6.45) is 8.53. The van der Waals surface area contributed by atoms with Crippen LogP contribution in [0, 0.1) is 5.92 Å². The minimum atomic E-state index is 0.786. The summed E-state index contributed by atoms with van der Waals surface area (Å²) in [7, 11) is 0. The number of hydrogen-bond donors (Lipinski definition) is 1. The largest absolute Gasteiger partial charge is 0.330 e. The molecule has 2 heterocycles. The molecule has 0 amide bonds. The van der Waals surface area contributed by atoms with E-state index in [1.54, 1.807) is 0 Å². The highest BCUT2D eigenvalue weighted by atomic mass is 15.2. The Morgan fingerprint density at radius 1 is 1.08 bits per heavy atom. The highest BCUT2D eigenvalue weighted by molar-refractivity contribution is 4.83. The fraction of sp³-hybridized carbons (Fsp3) is 1.00. The van der Waals surface area contributed by atoms with Gasteiger partial charge in [0, 0.05) is 12.6 Å². The van der Waals surface area contributed by atoms with E-state index in [2.05, 4.69) is 4.90 Å². The highest BCUT2D eigenvalue weighted by Crippen LogP contribution is 2.27. The van der Waals surface area contributed by atoms with Crippen molar-refractivity contribution in [3.8, 4) is 0 Å². The van der Waals surface area contributed by atoms with E-state index in [4.69, 9.17) is 5.73 Å². The molecule has 0 aliphatic carbocycles. The number of nitrogens with two attached hydrogens (primary N) is 1. The molecular weight excluding hydrogens is 160 g/mol. The summed E-state index contributed by atoms with van der Waals surface area (Å²) in [5.74, 6) is 0.786. The lowest BCUT2D eigenvalue weighted by atomic mass is 9.91. The molecule has 2 aliphatic rings. The van der Waals surface area contributed by atoms with Gasteiger partial charge in [0.05, 0.1) is 0 Å². The zero-order chi connectivity index (χ0) is 9.10. The molecule has 13 heavy (non-hydrogen) atoms. The van der Waals surface area contributed by atoms with Crippen LogP contribution in [-0.4, -0.2) is 30.6 Å². The van der Waals surface area contributed by atoms with Gasteiger partial charge in [-0.1, -0.05) is 12.8 Å². The van der Waals surface area contributed by atoms with Gasteiger partial charge < -0.3 is 10.6 Å². The van der Waals surface area contributed by atoms with Crippen LogP contribution >= 0.6 is 0 Å². The molecule has 76 valence electrons. The van der Waals surface area contributed by atoms with Crippen LogP contribution in [-0.2, 0) is 0 Å². The lowest BCUT2D eigenvalue weighted by molar-refractivity contribution is 0.113. The molecule has 2 fully saturated rings. The fourth-order valence-corrected chi connectivity index (χ4v) is 2.85. The molecule has 0 radical (unpaired) electrons. The minimum Gasteiger partial charge on any atom is -0.330 e. The van der Waals surface area contributed by atoms with Crippen LogP contribution in [0.1, 0.15) is 38.5 Å². The molecule has 2 nitrogen and oxygen atoms in total. The number of rotatable bonds is 1. The average molecular weight is 182 g/mol. The third-order valence-corrected chi connectivity index (χ3v) is 3.73. The van der Waals surface area contributed by atoms with Crippen molar-refractivity contribution < 1.29 is 0 Å². The Morgan fingerprint density at radius 3 is 2.85 bits per heavy atom. The molecule has 2 rings (SSSR count). The van der Waals surface area contributed by atoms with Crippen molar-refractivity contribution in [3.63, 3.8) is 0 Å². The maximum absolute atomic E-state index is 5.74. The standard InChI is InChI=1S/C11H22N2/c12-8-10-5-6-11-4-2-1-3-7-13(11)9-10/h10-11H,1-9,12H2/t10-,11-/m0/s1. The summed E-state index contributed by atoms with van der Waals surface area (Å²) in [6.45, 7) is 3.51. The van der Waals surface area contributed by atoms with Gasteiger partial charge in [0.1, 0.15) is 0 Å². The van der Waals surface area contributed by atoms with Gasteiger partial charge in [-0.3, -0.25) is 0 Å². The van der Waals surface area contributed by atoms with Gasteiger partial charge in [0.15, 0.2) is 0 Å². The zero-order valence-electron chi connectivity index (χ0n) is 8.54. The van der Waals surface area contributed by atoms with E-state index in [1.807, 2.05) is 0 Å². The van der Waals surface area contributed by atoms with Crippen molar-refractivity contribution in [2.45, 2.75) is 44.6 Å². The molecule has 2 N–H and O–H groups in total. The number of piperidine rings is 1. The molecule has 2 saturated heterocycles. The van der Waals surface area contributed by atoms with E-state index in [1.165, 1.54) is 51.6 Å². The van der Waals surface area contributed by atoms with Crippen LogP contribution in [0.25, 0.3) is 0 Å². The van der Waals surface area contributed by atoms with Crippen LogP contribution in [0.15, 0.2) is 0 Å². The zero-order valence-corrected chi connectivity index (χ0v) is 8.54. The third kappa shape index (κ3) is 2.23. The summed E-state index contributed by atoms with van der Waals surface area (Å²) < 4.78 is 0. The molecule has 2 atom stereocenters. The SMILES string of the molecule is NC[C@@H]1CC[C@@H]2CCCCCN2C1. The monoisotopic (exact) mass is 182 g/mol. The summed E-state index contributed by atoms with van der Waals surface area (Å²) in [5, 5.41) is 0. The Bertz CT molecular complexity index is 158. The van der Waals surface area contributed by atoms with E-state index < -0.39 is 0 Å². The molecule has 0 unspecified atom stereocenters. The molecule has 0 aromatic rings. The van der Waals surface area contributed by atoms with Crippen molar-refractivity contribution in [2.24, 2.45) is 11.7 Å². The first-order chi connectivity index (χ1) is 6.40. The normalized spacial score (nSPS) is 36.7. The van der Waals surface area contributed by atoms with Crippen LogP contribution in [0.4, 0.5) is 0 Å². The Labute approximate surface area is 81.5 Å². The van der Waals surface area contributed by atoms with Crippen LogP contribution < -0.4 is 5.73 Å². The second-order valence-electron chi connectivity index (χ2n) is 4.68. The Balaban J connectivity index is 1.91. The van der Waals surface area contributed by atoms with E-state index in [-0.39, 0.29) is 0 Å². The quantitative estimate of drug-likeness (QED) is 0.667. The molecule has 0 spiro atoms. The number of nitrogens with zero attached hydrogens (tertiary/aromatic N) is 1. The number of hydrogen-bond acceptors (Lipinski definition) is 2. The van der Waals surface area contributed by atoms with Crippen molar-refractivity contribution in [2.75, 3.05) is 19.6 Å². The lowest BCUT2D eigenvalue weighted by Crippen LogP contribution is -2.44. The van der Waals surface area contributed by atoms with Crippen molar-refractivity contribution in [1.29, 1.82) is 0 Å². The Hall–Kier alpha value is -0.0800. The van der Waals surface area contributed by atoms with Gasteiger partial charge in [0.2, 0.25) is 0 Å². The van der Waals surface area contributed by atoms with Crippen molar-refractivity contribution in [1.82, 2.24) is 4.90 Å². The van der Waals surface area contributed by atoms with Gasteiger partial charge in [-0.2, -0.15) is 0 Å². The van der Waals surface area contributed by atoms with Gasteiger partial charge in [-0.25, -0.2) is 0 Å². The highest BCUT2D eigenvalue weighted by Gasteiger charge is 2.27. The van der Waals surface area contributed by atoms with Crippen molar-refractivity contribution >= 4 is 0 Å². The fourth-order valence-electron chi connectivity index (χ4n) is 2.85. The summed E-state index contributed by atoms with van der Waals surface area (Å²) in [4.78, 5) is 2.70. The Morgan fingerprint density at radius 2 is 2.00 bits per heavy atom. The lowest BCUT2D eigenvalue weighted by Gasteiger charge is -2.38. The molecule has 0 saturated carbocycles. The maximum atomic E-state index is 5.74. The molecule has 2 heteroatoms. The molecule has 0 aromatic heterocycles. The summed E-state index contributed by atoms with van der Waals surface area (Å²) in [6, 6.07) is 0.908. The Kier molecular flexibility index (Phi) is 3.23. The molecule has 0 aromatic carbocycles. The van der Waals surface area contributed by atoms with E-state index >= 15 is 0 Å². The predicted octanol–water partition coefficient (Wildman–Crippen LogP) is 1.60. The van der Waals surface area contributed by atoms with Crippen molar-refractivity contribution in [3.05, 3.63) is 0 Å². The summed E-state index contributed by atoms with van der Waals surface area (Å²) in [5.41, 5.74) is 5.74. The first kappa shape index (κ1) is 9.47. The third-order valence-electron chi connectivity index (χ3n) is 3.73. The molecule has 2 aliphatic heterocycles.